The third-order valence-electron chi connectivity index (χ3n) is 3.25. The lowest BCUT2D eigenvalue weighted by Crippen LogP contribution is -1.92. The molecule has 0 saturated heterocycles. The molecule has 0 aliphatic rings. The lowest BCUT2D eigenvalue weighted by atomic mass is 10.0. The Balaban J connectivity index is 2.38. The molecule has 4 nitrogen and oxygen atoms in total. The van der Waals surface area contributed by atoms with Crippen LogP contribution in [-0.4, -0.2) is 9.49 Å². The highest BCUT2D eigenvalue weighted by atomic mass is 16.6. The van der Waals surface area contributed by atoms with E-state index in [9.17, 15) is 10.1 Å². The van der Waals surface area contributed by atoms with Crippen molar-refractivity contribution in [2.24, 2.45) is 7.05 Å². The number of benzene rings is 2. The van der Waals surface area contributed by atoms with E-state index < -0.39 is 0 Å². The summed E-state index contributed by atoms with van der Waals surface area (Å²) in [6.07, 6.45) is 1.92. The van der Waals surface area contributed by atoms with Gasteiger partial charge in [0.15, 0.2) is 0 Å². The summed E-state index contributed by atoms with van der Waals surface area (Å²) in [6.45, 7) is 0. The van der Waals surface area contributed by atoms with Crippen LogP contribution < -0.4 is 0 Å². The molecule has 0 aliphatic heterocycles. The average molecular weight is 252 g/mol. The summed E-state index contributed by atoms with van der Waals surface area (Å²) in [4.78, 5) is 10.7. The van der Waals surface area contributed by atoms with Gasteiger partial charge in [-0.25, -0.2) is 0 Å². The Hall–Kier alpha value is -2.62. The van der Waals surface area contributed by atoms with Gasteiger partial charge < -0.3 is 4.57 Å². The van der Waals surface area contributed by atoms with Crippen LogP contribution in [-0.2, 0) is 7.05 Å². The molecule has 4 heteroatoms. The molecule has 2 aromatic carbocycles. The maximum absolute atomic E-state index is 11.0. The van der Waals surface area contributed by atoms with Crippen LogP contribution in [0.25, 0.3) is 22.0 Å². The summed E-state index contributed by atoms with van der Waals surface area (Å²) in [5.41, 5.74) is 3.00. The van der Waals surface area contributed by atoms with E-state index >= 15 is 0 Å². The van der Waals surface area contributed by atoms with Gasteiger partial charge in [0.25, 0.3) is 5.69 Å². The fourth-order valence-electron chi connectivity index (χ4n) is 2.37. The summed E-state index contributed by atoms with van der Waals surface area (Å²) >= 11 is 0. The van der Waals surface area contributed by atoms with Crippen LogP contribution in [0.5, 0.6) is 0 Å². The minimum atomic E-state index is -0.348. The van der Waals surface area contributed by atoms with E-state index in [0.29, 0.717) is 0 Å². The highest BCUT2D eigenvalue weighted by Crippen LogP contribution is 2.33. The Morgan fingerprint density at radius 1 is 1.11 bits per heavy atom. The van der Waals surface area contributed by atoms with E-state index in [0.717, 1.165) is 22.0 Å². The van der Waals surface area contributed by atoms with E-state index in [4.69, 9.17) is 0 Å². The first-order valence-electron chi connectivity index (χ1n) is 5.96. The van der Waals surface area contributed by atoms with E-state index in [1.807, 2.05) is 54.2 Å². The number of rotatable bonds is 2. The molecular formula is C15H12N2O2. The zero-order chi connectivity index (χ0) is 13.4. The molecule has 1 heterocycles. The summed E-state index contributed by atoms with van der Waals surface area (Å²) in [7, 11) is 1.95. The third kappa shape index (κ3) is 1.87. The van der Waals surface area contributed by atoms with Crippen LogP contribution in [0.2, 0.25) is 0 Å². The highest BCUT2D eigenvalue weighted by molar-refractivity contribution is 5.96. The number of aromatic nitrogens is 1. The number of nitro benzene ring substituents is 1. The molecule has 0 bridgehead atoms. The molecule has 3 aromatic rings. The number of aryl methyl sites for hydroxylation is 1. The van der Waals surface area contributed by atoms with Gasteiger partial charge in [0.2, 0.25) is 0 Å². The van der Waals surface area contributed by atoms with E-state index in [-0.39, 0.29) is 10.6 Å². The first kappa shape index (κ1) is 11.5. The van der Waals surface area contributed by atoms with E-state index in [2.05, 4.69) is 0 Å². The molecule has 0 unspecified atom stereocenters. The number of nitro groups is 1. The molecule has 3 rings (SSSR count). The van der Waals surface area contributed by atoms with Crippen molar-refractivity contribution in [1.29, 1.82) is 0 Å². The Labute approximate surface area is 110 Å². The lowest BCUT2D eigenvalue weighted by molar-refractivity contribution is -0.384. The van der Waals surface area contributed by atoms with Gasteiger partial charge in [-0.3, -0.25) is 10.1 Å². The molecule has 19 heavy (non-hydrogen) atoms. The first-order chi connectivity index (χ1) is 9.16. The zero-order valence-corrected chi connectivity index (χ0v) is 10.4. The molecule has 0 amide bonds. The van der Waals surface area contributed by atoms with Crippen molar-refractivity contribution in [2.45, 2.75) is 0 Å². The summed E-state index contributed by atoms with van der Waals surface area (Å²) < 4.78 is 1.99. The zero-order valence-electron chi connectivity index (χ0n) is 10.4. The fourth-order valence-corrected chi connectivity index (χ4v) is 2.37. The first-order valence-corrected chi connectivity index (χ1v) is 5.96. The van der Waals surface area contributed by atoms with Crippen molar-refractivity contribution in [2.75, 3.05) is 0 Å². The summed E-state index contributed by atoms with van der Waals surface area (Å²) in [6, 6.07) is 14.9. The molecule has 0 saturated carbocycles. The SMILES string of the molecule is Cn1ccc2cc([N+](=O)[O-])cc(-c3ccccc3)c21. The van der Waals surface area contributed by atoms with Crippen LogP contribution >= 0.6 is 0 Å². The van der Waals surface area contributed by atoms with Crippen LogP contribution in [0.3, 0.4) is 0 Å². The number of nitrogens with zero attached hydrogens (tertiary/aromatic N) is 2. The maximum Gasteiger partial charge on any atom is 0.270 e. The predicted molar refractivity (Wildman–Crippen MR) is 75.0 cm³/mol. The second-order valence-corrected chi connectivity index (χ2v) is 4.48. The Morgan fingerprint density at radius 2 is 1.84 bits per heavy atom. The molecule has 0 atom stereocenters. The smallest absolute Gasteiger partial charge is 0.270 e. The lowest BCUT2D eigenvalue weighted by Gasteiger charge is -2.06. The maximum atomic E-state index is 11.0. The topological polar surface area (TPSA) is 48.1 Å². The standard InChI is InChI=1S/C15H12N2O2/c1-16-8-7-12-9-13(17(18)19)10-14(15(12)16)11-5-3-2-4-6-11/h2-10H,1H3. The highest BCUT2D eigenvalue weighted by Gasteiger charge is 2.14. The Bertz CT molecular complexity index is 760. The number of hydrogen-bond acceptors (Lipinski definition) is 2. The van der Waals surface area contributed by atoms with Crippen LogP contribution in [0.1, 0.15) is 0 Å². The van der Waals surface area contributed by atoms with Gasteiger partial charge in [0.05, 0.1) is 10.4 Å². The third-order valence-corrected chi connectivity index (χ3v) is 3.25. The molecule has 0 N–H and O–H groups in total. The second kappa shape index (κ2) is 4.24. The summed E-state index contributed by atoms with van der Waals surface area (Å²) in [5, 5.41) is 11.9. The Kier molecular flexibility index (Phi) is 2.56. The van der Waals surface area contributed by atoms with E-state index in [1.165, 1.54) is 0 Å². The molecule has 0 aliphatic carbocycles. The van der Waals surface area contributed by atoms with Crippen molar-refractivity contribution >= 4 is 16.6 Å². The van der Waals surface area contributed by atoms with Crippen molar-refractivity contribution in [1.82, 2.24) is 4.57 Å². The predicted octanol–water partition coefficient (Wildman–Crippen LogP) is 3.75. The molecule has 94 valence electrons. The van der Waals surface area contributed by atoms with Crippen LogP contribution in [0.15, 0.2) is 54.7 Å². The van der Waals surface area contributed by atoms with Gasteiger partial charge in [0, 0.05) is 36.3 Å². The van der Waals surface area contributed by atoms with Crippen molar-refractivity contribution in [3.05, 3.63) is 64.8 Å². The number of hydrogen-bond donors (Lipinski definition) is 0. The van der Waals surface area contributed by atoms with Gasteiger partial charge >= 0.3 is 0 Å². The molecule has 0 spiro atoms. The second-order valence-electron chi connectivity index (χ2n) is 4.48. The normalized spacial score (nSPS) is 10.8. The minimum Gasteiger partial charge on any atom is -0.350 e. The van der Waals surface area contributed by atoms with Gasteiger partial charge in [-0.05, 0) is 11.6 Å². The molecule has 0 radical (unpaired) electrons. The Morgan fingerprint density at radius 3 is 2.53 bits per heavy atom. The largest absolute Gasteiger partial charge is 0.350 e. The van der Waals surface area contributed by atoms with Crippen LogP contribution in [0, 0.1) is 10.1 Å². The number of non-ortho nitro benzene ring substituents is 1. The van der Waals surface area contributed by atoms with Gasteiger partial charge in [-0.2, -0.15) is 0 Å². The van der Waals surface area contributed by atoms with Crippen molar-refractivity contribution in [3.8, 4) is 11.1 Å². The van der Waals surface area contributed by atoms with Crippen LogP contribution in [0.4, 0.5) is 5.69 Å². The molecule has 0 fully saturated rings. The van der Waals surface area contributed by atoms with Crippen molar-refractivity contribution < 1.29 is 4.92 Å². The van der Waals surface area contributed by atoms with Gasteiger partial charge in [0.1, 0.15) is 0 Å². The average Bonchev–Trinajstić information content (AvgIpc) is 2.80. The van der Waals surface area contributed by atoms with Gasteiger partial charge in [-0.1, -0.05) is 30.3 Å². The molecule has 1 aromatic heterocycles. The fraction of sp³-hybridized carbons (Fsp3) is 0.0667. The van der Waals surface area contributed by atoms with Crippen molar-refractivity contribution in [3.63, 3.8) is 0 Å². The summed E-state index contributed by atoms with van der Waals surface area (Å²) in [5.74, 6) is 0. The monoisotopic (exact) mass is 252 g/mol. The van der Waals surface area contributed by atoms with Gasteiger partial charge in [-0.15, -0.1) is 0 Å². The minimum absolute atomic E-state index is 0.123. The molecular weight excluding hydrogens is 240 g/mol. The quantitative estimate of drug-likeness (QED) is 0.515. The number of fused-ring (bicyclic) bond motifs is 1. The van der Waals surface area contributed by atoms with E-state index in [1.54, 1.807) is 12.1 Å².